The molecule has 4 heteroatoms. The highest BCUT2D eigenvalue weighted by atomic mass is 32.2. The van der Waals surface area contributed by atoms with Crippen LogP contribution in [0.15, 0.2) is 90.8 Å². The maximum absolute atomic E-state index is 12.8. The minimum atomic E-state index is -1.23. The molecule has 0 amide bonds. The Morgan fingerprint density at radius 1 is 1.00 bits per heavy atom. The highest BCUT2D eigenvalue weighted by Gasteiger charge is 2.27. The number of rotatable bonds is 5. The maximum Gasteiger partial charge on any atom is 0.120 e. The summed E-state index contributed by atoms with van der Waals surface area (Å²) in [4.78, 5) is 0. The number of anilines is 1. The van der Waals surface area contributed by atoms with Gasteiger partial charge in [0.25, 0.3) is 0 Å². The highest BCUT2D eigenvalue weighted by molar-refractivity contribution is 7.85. The Kier molecular flexibility index (Phi) is 5.70. The number of nitrogens with zero attached hydrogens (tertiary/aromatic N) is 1. The van der Waals surface area contributed by atoms with Gasteiger partial charge in [-0.25, -0.2) is 8.51 Å². The molecule has 0 saturated heterocycles. The Bertz CT molecular complexity index is 972. The van der Waals surface area contributed by atoms with Crippen molar-refractivity contribution in [2.45, 2.75) is 19.0 Å². The summed E-state index contributed by atoms with van der Waals surface area (Å²) in [6.45, 7) is 5.13. The molecule has 0 bridgehead atoms. The van der Waals surface area contributed by atoms with Crippen LogP contribution in [0.25, 0.3) is 11.1 Å². The van der Waals surface area contributed by atoms with Crippen molar-refractivity contribution in [2.24, 2.45) is 0 Å². The maximum atomic E-state index is 12.8. The average molecular weight is 389 g/mol. The number of hydrogen-bond donors (Lipinski definition) is 1. The number of benzene rings is 3. The lowest BCUT2D eigenvalue weighted by atomic mass is 10.0. The van der Waals surface area contributed by atoms with Gasteiger partial charge in [0.15, 0.2) is 0 Å². The van der Waals surface area contributed by atoms with Crippen LogP contribution in [0.5, 0.6) is 0 Å². The summed E-state index contributed by atoms with van der Waals surface area (Å²) in [6.07, 6.45) is 0.840. The molecule has 1 unspecified atom stereocenters. The van der Waals surface area contributed by atoms with E-state index < -0.39 is 11.0 Å². The Morgan fingerprint density at radius 2 is 1.71 bits per heavy atom. The lowest BCUT2D eigenvalue weighted by Crippen LogP contribution is -2.39. The molecule has 1 aliphatic rings. The van der Waals surface area contributed by atoms with Gasteiger partial charge in [0.2, 0.25) is 0 Å². The molecule has 3 nitrogen and oxygen atoms in total. The van der Waals surface area contributed by atoms with Gasteiger partial charge in [0, 0.05) is 30.2 Å². The Hall–Kier alpha value is -2.69. The summed E-state index contributed by atoms with van der Waals surface area (Å²) in [5.74, 6) is 0. The fraction of sp³-hybridized carbons (Fsp3) is 0.167. The standard InChI is InChI=1S/C24H24N2OS/c1-2-28(27)26-18-22-16-21(20-11-7-4-8-12-20)13-14-24(22)25-17-23(26)15-19-9-5-3-6-10-19/h2-14,16,23,25H,1,15,17-18H2/t23-,28?/m1/s1. The molecule has 1 aliphatic heterocycles. The summed E-state index contributed by atoms with van der Waals surface area (Å²) in [6, 6.07) is 27.3. The molecule has 1 N–H and O–H groups in total. The molecule has 4 rings (SSSR count). The van der Waals surface area contributed by atoms with E-state index in [1.165, 1.54) is 22.1 Å². The summed E-state index contributed by atoms with van der Waals surface area (Å²) in [7, 11) is -1.23. The van der Waals surface area contributed by atoms with Crippen molar-refractivity contribution in [1.82, 2.24) is 4.31 Å². The van der Waals surface area contributed by atoms with Gasteiger partial charge < -0.3 is 5.32 Å². The third kappa shape index (κ3) is 4.08. The highest BCUT2D eigenvalue weighted by Crippen LogP contribution is 2.30. The van der Waals surface area contributed by atoms with Crippen LogP contribution in [0.1, 0.15) is 11.1 Å². The van der Waals surface area contributed by atoms with Crippen LogP contribution < -0.4 is 5.32 Å². The fourth-order valence-corrected chi connectivity index (χ4v) is 4.60. The lowest BCUT2D eigenvalue weighted by molar-refractivity contribution is 0.348. The van der Waals surface area contributed by atoms with E-state index in [2.05, 4.69) is 66.5 Å². The van der Waals surface area contributed by atoms with E-state index in [1.54, 1.807) is 0 Å². The van der Waals surface area contributed by atoms with Crippen LogP contribution in [0.4, 0.5) is 5.69 Å². The van der Waals surface area contributed by atoms with Crippen molar-refractivity contribution in [3.63, 3.8) is 0 Å². The predicted octanol–water partition coefficient (Wildman–Crippen LogP) is 5.00. The lowest BCUT2D eigenvalue weighted by Gasteiger charge is -2.27. The summed E-state index contributed by atoms with van der Waals surface area (Å²) >= 11 is 0. The van der Waals surface area contributed by atoms with Gasteiger partial charge in [-0.2, -0.15) is 0 Å². The fourth-order valence-electron chi connectivity index (χ4n) is 3.70. The Labute approximate surface area is 169 Å². The van der Waals surface area contributed by atoms with Gasteiger partial charge in [-0.15, -0.1) is 0 Å². The second-order valence-corrected chi connectivity index (χ2v) is 8.34. The normalized spacial score (nSPS) is 17.8. The van der Waals surface area contributed by atoms with E-state index in [4.69, 9.17) is 0 Å². The first-order valence-corrected chi connectivity index (χ1v) is 10.7. The zero-order valence-electron chi connectivity index (χ0n) is 15.8. The SMILES string of the molecule is C=CS(=O)N1Cc2cc(-c3ccccc3)ccc2NC[C@H]1Cc1ccccc1. The molecular formula is C24H24N2OS. The minimum Gasteiger partial charge on any atom is -0.383 e. The molecule has 3 aromatic rings. The summed E-state index contributed by atoms with van der Waals surface area (Å²) < 4.78 is 14.8. The van der Waals surface area contributed by atoms with Gasteiger partial charge in [-0.1, -0.05) is 73.3 Å². The van der Waals surface area contributed by atoms with Crippen LogP contribution in [-0.4, -0.2) is 21.1 Å². The molecule has 142 valence electrons. The Morgan fingerprint density at radius 3 is 2.43 bits per heavy atom. The molecule has 0 aromatic heterocycles. The second-order valence-electron chi connectivity index (χ2n) is 6.98. The molecule has 1 heterocycles. The van der Waals surface area contributed by atoms with E-state index in [0.29, 0.717) is 6.54 Å². The number of fused-ring (bicyclic) bond motifs is 1. The first kappa shape index (κ1) is 18.7. The van der Waals surface area contributed by atoms with Crippen molar-refractivity contribution in [3.05, 3.63) is 102 Å². The molecule has 0 radical (unpaired) electrons. The minimum absolute atomic E-state index is 0.119. The molecule has 0 spiro atoms. The molecule has 28 heavy (non-hydrogen) atoms. The quantitative estimate of drug-likeness (QED) is 0.667. The number of nitrogens with one attached hydrogen (secondary N) is 1. The first-order chi connectivity index (χ1) is 13.7. The molecule has 3 aromatic carbocycles. The third-order valence-electron chi connectivity index (χ3n) is 5.16. The van der Waals surface area contributed by atoms with Crippen molar-refractivity contribution in [3.8, 4) is 11.1 Å². The monoisotopic (exact) mass is 388 g/mol. The largest absolute Gasteiger partial charge is 0.383 e. The Balaban J connectivity index is 1.65. The summed E-state index contributed by atoms with van der Waals surface area (Å²) in [5.41, 5.74) is 5.88. The van der Waals surface area contributed by atoms with Crippen molar-refractivity contribution >= 4 is 16.7 Å². The molecule has 0 saturated carbocycles. The number of hydrogen-bond acceptors (Lipinski definition) is 2. The van der Waals surface area contributed by atoms with Crippen molar-refractivity contribution < 1.29 is 4.21 Å². The topological polar surface area (TPSA) is 32.3 Å². The molecule has 2 atom stereocenters. The predicted molar refractivity (Wildman–Crippen MR) is 118 cm³/mol. The van der Waals surface area contributed by atoms with E-state index in [9.17, 15) is 4.21 Å². The van der Waals surface area contributed by atoms with E-state index in [0.717, 1.165) is 24.2 Å². The van der Waals surface area contributed by atoms with Crippen molar-refractivity contribution in [2.75, 3.05) is 11.9 Å². The zero-order chi connectivity index (χ0) is 19.3. The van der Waals surface area contributed by atoms with Gasteiger partial charge in [0.05, 0.1) is 0 Å². The van der Waals surface area contributed by atoms with Gasteiger partial charge in [-0.05, 0) is 40.8 Å². The molecular weight excluding hydrogens is 364 g/mol. The van der Waals surface area contributed by atoms with Gasteiger partial charge >= 0.3 is 0 Å². The zero-order valence-corrected chi connectivity index (χ0v) is 16.6. The van der Waals surface area contributed by atoms with E-state index in [1.807, 2.05) is 28.6 Å². The van der Waals surface area contributed by atoms with Crippen LogP contribution in [0.3, 0.4) is 0 Å². The summed E-state index contributed by atoms with van der Waals surface area (Å²) in [5, 5.41) is 5.10. The molecule has 0 fully saturated rings. The van der Waals surface area contributed by atoms with Crippen molar-refractivity contribution in [1.29, 1.82) is 0 Å². The van der Waals surface area contributed by atoms with Crippen LogP contribution in [0.2, 0.25) is 0 Å². The first-order valence-electron chi connectivity index (χ1n) is 9.50. The third-order valence-corrected chi connectivity index (χ3v) is 6.34. The van der Waals surface area contributed by atoms with Crippen LogP contribution in [-0.2, 0) is 24.0 Å². The smallest absolute Gasteiger partial charge is 0.120 e. The van der Waals surface area contributed by atoms with Crippen LogP contribution >= 0.6 is 0 Å². The second kappa shape index (κ2) is 8.55. The van der Waals surface area contributed by atoms with Crippen LogP contribution in [0, 0.1) is 0 Å². The van der Waals surface area contributed by atoms with E-state index in [-0.39, 0.29) is 6.04 Å². The average Bonchev–Trinajstić information content (AvgIpc) is 2.93. The van der Waals surface area contributed by atoms with Gasteiger partial charge in [0.1, 0.15) is 11.0 Å². The van der Waals surface area contributed by atoms with Gasteiger partial charge in [-0.3, -0.25) is 0 Å². The molecule has 0 aliphatic carbocycles. The van der Waals surface area contributed by atoms with E-state index >= 15 is 0 Å².